The highest BCUT2D eigenvalue weighted by Crippen LogP contribution is 2.29. The van der Waals surface area contributed by atoms with E-state index in [-0.39, 0.29) is 23.2 Å². The molecular formula is C27H31FN4O4. The zero-order chi connectivity index (χ0) is 26.0. The molecule has 0 spiro atoms. The third kappa shape index (κ3) is 5.40. The lowest BCUT2D eigenvalue weighted by Crippen LogP contribution is -2.54. The first-order chi connectivity index (χ1) is 17.0. The standard InChI is InChI=1S/C27H31FN4O4/c1-27(2,3)32(26(35)36)18-8-6-7-17(15-18)29-24(33)21-13-16(11-12-22(21)28)14-23-19-9-4-5-10-20(19)25(34)31-30-23/h4-5,9-13,17-18H,6-8,14-15H2,1-3H3,(H,29,33)(H,31,34)(H,35,36). The molecule has 1 aliphatic rings. The van der Waals surface area contributed by atoms with Crippen LogP contribution in [0.1, 0.15) is 68.1 Å². The Morgan fingerprint density at radius 3 is 2.58 bits per heavy atom. The third-order valence-corrected chi connectivity index (χ3v) is 6.70. The second kappa shape index (κ2) is 10.1. The molecule has 1 aliphatic carbocycles. The molecule has 0 radical (unpaired) electrons. The fourth-order valence-corrected chi connectivity index (χ4v) is 5.14. The van der Waals surface area contributed by atoms with E-state index in [9.17, 15) is 23.9 Å². The molecule has 2 unspecified atom stereocenters. The molecule has 8 nitrogen and oxygen atoms in total. The number of rotatable bonds is 5. The fraction of sp³-hybridized carbons (Fsp3) is 0.407. The number of hydrogen-bond acceptors (Lipinski definition) is 4. The van der Waals surface area contributed by atoms with Gasteiger partial charge in [0, 0.05) is 29.4 Å². The van der Waals surface area contributed by atoms with E-state index >= 15 is 0 Å². The molecule has 0 bridgehead atoms. The number of fused-ring (bicyclic) bond motifs is 1. The van der Waals surface area contributed by atoms with Crippen LogP contribution in [0, 0.1) is 5.82 Å². The van der Waals surface area contributed by atoms with Gasteiger partial charge in [-0.3, -0.25) is 9.59 Å². The fourth-order valence-electron chi connectivity index (χ4n) is 5.14. The number of nitrogens with zero attached hydrogens (tertiary/aromatic N) is 2. The van der Waals surface area contributed by atoms with Gasteiger partial charge >= 0.3 is 6.09 Å². The van der Waals surface area contributed by atoms with E-state index < -0.39 is 23.4 Å². The van der Waals surface area contributed by atoms with Crippen molar-refractivity contribution in [3.05, 3.63) is 75.5 Å². The summed E-state index contributed by atoms with van der Waals surface area (Å²) < 4.78 is 14.7. The van der Waals surface area contributed by atoms with Gasteiger partial charge < -0.3 is 15.3 Å². The number of carboxylic acid groups (broad SMARTS) is 1. The number of aromatic nitrogens is 2. The summed E-state index contributed by atoms with van der Waals surface area (Å²) in [5.41, 5.74) is 0.372. The quantitative estimate of drug-likeness (QED) is 0.484. The molecule has 9 heteroatoms. The van der Waals surface area contributed by atoms with Crippen LogP contribution in [0.2, 0.25) is 0 Å². The number of carbonyl (C=O) groups is 2. The highest BCUT2D eigenvalue weighted by molar-refractivity contribution is 5.95. The van der Waals surface area contributed by atoms with Crippen LogP contribution in [0.3, 0.4) is 0 Å². The SMILES string of the molecule is CC(C)(C)N(C(=O)O)C1CCCC(NC(=O)c2cc(Cc3n[nH]c(=O)c4ccccc34)ccc2F)C1. The van der Waals surface area contributed by atoms with Crippen LogP contribution < -0.4 is 10.9 Å². The van der Waals surface area contributed by atoms with Gasteiger partial charge in [-0.15, -0.1) is 0 Å². The van der Waals surface area contributed by atoms with Crippen LogP contribution in [0.25, 0.3) is 10.8 Å². The molecular weight excluding hydrogens is 463 g/mol. The number of carbonyl (C=O) groups excluding carboxylic acids is 1. The van der Waals surface area contributed by atoms with E-state index in [2.05, 4.69) is 15.5 Å². The predicted octanol–water partition coefficient (Wildman–Crippen LogP) is 4.47. The molecule has 1 heterocycles. The second-order valence-electron chi connectivity index (χ2n) is 10.4. The van der Waals surface area contributed by atoms with Crippen molar-refractivity contribution in [2.45, 2.75) is 70.5 Å². The van der Waals surface area contributed by atoms with E-state index in [1.165, 1.54) is 17.0 Å². The number of hydrogen-bond donors (Lipinski definition) is 3. The summed E-state index contributed by atoms with van der Waals surface area (Å²) in [5.74, 6) is -1.17. The third-order valence-electron chi connectivity index (χ3n) is 6.70. The van der Waals surface area contributed by atoms with E-state index in [0.717, 1.165) is 12.8 Å². The zero-order valence-electron chi connectivity index (χ0n) is 20.7. The number of nitrogens with one attached hydrogen (secondary N) is 2. The molecule has 36 heavy (non-hydrogen) atoms. The molecule has 0 aliphatic heterocycles. The first-order valence-corrected chi connectivity index (χ1v) is 12.1. The Labute approximate surface area is 208 Å². The van der Waals surface area contributed by atoms with Gasteiger partial charge in [0.1, 0.15) is 5.82 Å². The lowest BCUT2D eigenvalue weighted by atomic mass is 9.87. The Morgan fingerprint density at radius 1 is 1.17 bits per heavy atom. The normalized spacial score (nSPS) is 18.1. The average Bonchev–Trinajstić information content (AvgIpc) is 2.81. The van der Waals surface area contributed by atoms with Crippen molar-refractivity contribution in [1.29, 1.82) is 0 Å². The molecule has 3 N–H and O–H groups in total. The second-order valence-corrected chi connectivity index (χ2v) is 10.4. The summed E-state index contributed by atoms with van der Waals surface area (Å²) in [6.07, 6.45) is 1.99. The van der Waals surface area contributed by atoms with Gasteiger partial charge in [-0.2, -0.15) is 5.10 Å². The van der Waals surface area contributed by atoms with E-state index in [1.807, 2.05) is 32.9 Å². The summed E-state index contributed by atoms with van der Waals surface area (Å²) in [5, 5.41) is 20.5. The van der Waals surface area contributed by atoms with Gasteiger partial charge in [0.15, 0.2) is 0 Å². The summed E-state index contributed by atoms with van der Waals surface area (Å²) in [4.78, 5) is 38.5. The van der Waals surface area contributed by atoms with Crippen molar-refractivity contribution < 1.29 is 19.1 Å². The lowest BCUT2D eigenvalue weighted by molar-refractivity contribution is 0.0508. The van der Waals surface area contributed by atoms with Crippen LogP contribution in [0.15, 0.2) is 47.3 Å². The van der Waals surface area contributed by atoms with Crippen molar-refractivity contribution in [2.24, 2.45) is 0 Å². The van der Waals surface area contributed by atoms with E-state index in [0.29, 0.717) is 41.3 Å². The maximum atomic E-state index is 14.7. The Balaban J connectivity index is 1.52. The van der Waals surface area contributed by atoms with Gasteiger partial charge in [0.25, 0.3) is 11.5 Å². The van der Waals surface area contributed by atoms with Crippen LogP contribution >= 0.6 is 0 Å². The van der Waals surface area contributed by atoms with Crippen molar-refractivity contribution in [3.63, 3.8) is 0 Å². The van der Waals surface area contributed by atoms with Gasteiger partial charge in [-0.05, 0) is 70.2 Å². The first kappa shape index (κ1) is 25.3. The Morgan fingerprint density at radius 2 is 1.89 bits per heavy atom. The molecule has 190 valence electrons. The van der Waals surface area contributed by atoms with Crippen LogP contribution in [0.4, 0.5) is 9.18 Å². The molecule has 1 aromatic heterocycles. The monoisotopic (exact) mass is 494 g/mol. The number of H-pyrrole nitrogens is 1. The molecule has 3 aromatic rings. The number of benzene rings is 2. The highest BCUT2D eigenvalue weighted by atomic mass is 19.1. The van der Waals surface area contributed by atoms with Crippen LogP contribution in [0.5, 0.6) is 0 Å². The number of halogens is 1. The number of aromatic amines is 1. The van der Waals surface area contributed by atoms with Gasteiger partial charge in [-0.1, -0.05) is 24.3 Å². The minimum absolute atomic E-state index is 0.0748. The average molecular weight is 495 g/mol. The molecule has 2 amide bonds. The van der Waals surface area contributed by atoms with E-state index in [4.69, 9.17) is 0 Å². The minimum Gasteiger partial charge on any atom is -0.465 e. The van der Waals surface area contributed by atoms with Crippen LogP contribution in [-0.4, -0.2) is 49.8 Å². The van der Waals surface area contributed by atoms with Gasteiger partial charge in [-0.25, -0.2) is 14.3 Å². The van der Waals surface area contributed by atoms with Crippen molar-refractivity contribution in [1.82, 2.24) is 20.4 Å². The Bertz CT molecular complexity index is 1350. The number of amides is 2. The molecule has 2 aromatic carbocycles. The largest absolute Gasteiger partial charge is 0.465 e. The van der Waals surface area contributed by atoms with Crippen molar-refractivity contribution >= 4 is 22.8 Å². The van der Waals surface area contributed by atoms with Gasteiger partial charge in [0.2, 0.25) is 0 Å². The summed E-state index contributed by atoms with van der Waals surface area (Å²) >= 11 is 0. The maximum absolute atomic E-state index is 14.7. The highest BCUT2D eigenvalue weighted by Gasteiger charge is 2.36. The molecule has 0 saturated heterocycles. The predicted molar refractivity (Wildman–Crippen MR) is 135 cm³/mol. The summed E-state index contributed by atoms with van der Waals surface area (Å²) in [7, 11) is 0. The molecule has 1 fully saturated rings. The maximum Gasteiger partial charge on any atom is 0.407 e. The van der Waals surface area contributed by atoms with Crippen molar-refractivity contribution in [3.8, 4) is 0 Å². The Hall–Kier alpha value is -3.75. The van der Waals surface area contributed by atoms with E-state index in [1.54, 1.807) is 18.2 Å². The minimum atomic E-state index is -0.985. The smallest absolute Gasteiger partial charge is 0.407 e. The summed E-state index contributed by atoms with van der Waals surface area (Å²) in [6, 6.07) is 11.0. The Kier molecular flexibility index (Phi) is 7.10. The lowest BCUT2D eigenvalue weighted by Gasteiger charge is -2.43. The molecule has 2 atom stereocenters. The van der Waals surface area contributed by atoms with Crippen LogP contribution in [-0.2, 0) is 6.42 Å². The summed E-state index contributed by atoms with van der Waals surface area (Å²) in [6.45, 7) is 5.56. The zero-order valence-corrected chi connectivity index (χ0v) is 20.7. The first-order valence-electron chi connectivity index (χ1n) is 12.1. The molecule has 4 rings (SSSR count). The molecule has 1 saturated carbocycles. The van der Waals surface area contributed by atoms with Gasteiger partial charge in [0.05, 0.1) is 16.6 Å². The van der Waals surface area contributed by atoms with Crippen molar-refractivity contribution in [2.75, 3.05) is 0 Å². The topological polar surface area (TPSA) is 115 Å².